The molecule has 1 rings (SSSR count). The van der Waals surface area contributed by atoms with E-state index in [4.69, 9.17) is 15.2 Å². The van der Waals surface area contributed by atoms with Gasteiger partial charge in [0.25, 0.3) is 5.91 Å². The molecule has 13 heteroatoms. The fraction of sp³-hybridized carbons (Fsp3) is 0.538. The molecule has 1 aromatic rings. The topological polar surface area (TPSA) is 178 Å². The van der Waals surface area contributed by atoms with Crippen LogP contribution < -0.4 is 21.7 Å². The van der Waals surface area contributed by atoms with E-state index in [0.717, 1.165) is 24.5 Å². The summed E-state index contributed by atoms with van der Waals surface area (Å²) in [4.78, 5) is 46.9. The summed E-state index contributed by atoms with van der Waals surface area (Å²) in [5.74, 6) is -1.78. The van der Waals surface area contributed by atoms with E-state index in [2.05, 4.69) is 43.5 Å². The number of anilines is 1. The van der Waals surface area contributed by atoms with Crippen LogP contribution in [0.1, 0.15) is 38.2 Å². The van der Waals surface area contributed by atoms with E-state index in [0.29, 0.717) is 12.1 Å². The first-order valence-electron chi connectivity index (χ1n) is 12.7. The minimum Gasteiger partial charge on any atom is -0.506 e. The summed E-state index contributed by atoms with van der Waals surface area (Å²) in [6.45, 7) is 3.30. The van der Waals surface area contributed by atoms with Crippen molar-refractivity contribution in [2.45, 2.75) is 45.1 Å². The van der Waals surface area contributed by atoms with Gasteiger partial charge in [-0.1, -0.05) is 19.4 Å². The second kappa shape index (κ2) is 20.0. The molecule has 39 heavy (non-hydrogen) atoms. The first-order valence-corrected chi connectivity index (χ1v) is 13.5. The molecule has 0 heterocycles. The SMILES string of the molecule is CCC[C@@H](N)Cc1ccc(O)c(NC(=O)CCOCCOCCNC(=O)/C=C(/Br)C(=O)NCCC(=O)OC)c1. The predicted octanol–water partition coefficient (Wildman–Crippen LogP) is 1.50. The van der Waals surface area contributed by atoms with Crippen LogP contribution in [-0.2, 0) is 39.8 Å². The lowest BCUT2D eigenvalue weighted by Crippen LogP contribution is -2.29. The largest absolute Gasteiger partial charge is 0.506 e. The average Bonchev–Trinajstić information content (AvgIpc) is 2.89. The molecule has 0 spiro atoms. The Morgan fingerprint density at radius 1 is 1.05 bits per heavy atom. The van der Waals surface area contributed by atoms with Gasteiger partial charge in [-0.05, 0) is 46.5 Å². The highest BCUT2D eigenvalue weighted by Gasteiger charge is 2.11. The molecule has 0 saturated heterocycles. The molecular weight excluding hydrogens is 576 g/mol. The Morgan fingerprint density at radius 3 is 2.46 bits per heavy atom. The Balaban J connectivity index is 2.16. The summed E-state index contributed by atoms with van der Waals surface area (Å²) < 4.78 is 15.2. The van der Waals surface area contributed by atoms with Crippen LogP contribution in [0, 0.1) is 0 Å². The van der Waals surface area contributed by atoms with Crippen LogP contribution in [0.5, 0.6) is 5.75 Å². The van der Waals surface area contributed by atoms with Crippen LogP contribution in [0.15, 0.2) is 28.8 Å². The number of phenols is 1. The summed E-state index contributed by atoms with van der Waals surface area (Å²) in [7, 11) is 1.25. The summed E-state index contributed by atoms with van der Waals surface area (Å²) in [5.41, 5.74) is 7.36. The maximum absolute atomic E-state index is 12.2. The molecule has 3 amide bonds. The number of aromatic hydroxyl groups is 1. The maximum Gasteiger partial charge on any atom is 0.307 e. The van der Waals surface area contributed by atoms with Crippen LogP contribution >= 0.6 is 15.9 Å². The van der Waals surface area contributed by atoms with Crippen molar-refractivity contribution >= 4 is 45.3 Å². The molecule has 0 aliphatic rings. The van der Waals surface area contributed by atoms with Gasteiger partial charge in [-0.15, -0.1) is 0 Å². The van der Waals surface area contributed by atoms with Crippen molar-refractivity contribution in [1.82, 2.24) is 10.6 Å². The quantitative estimate of drug-likeness (QED) is 0.0668. The Labute approximate surface area is 237 Å². The van der Waals surface area contributed by atoms with Crippen molar-refractivity contribution in [2.75, 3.05) is 51.9 Å². The van der Waals surface area contributed by atoms with Crippen molar-refractivity contribution in [3.8, 4) is 5.75 Å². The van der Waals surface area contributed by atoms with E-state index in [1.165, 1.54) is 7.11 Å². The fourth-order valence-corrected chi connectivity index (χ4v) is 3.58. The third-order valence-electron chi connectivity index (χ3n) is 5.20. The zero-order valence-corrected chi connectivity index (χ0v) is 24.0. The molecule has 0 saturated carbocycles. The molecule has 0 aliphatic carbocycles. The molecular formula is C26H39BrN4O8. The van der Waals surface area contributed by atoms with E-state index in [9.17, 15) is 24.3 Å². The molecule has 0 radical (unpaired) electrons. The number of hydrogen-bond donors (Lipinski definition) is 5. The molecule has 0 aliphatic heterocycles. The maximum atomic E-state index is 12.2. The molecule has 218 valence electrons. The first kappa shape index (κ1) is 34.0. The number of hydrogen-bond acceptors (Lipinski definition) is 9. The lowest BCUT2D eigenvalue weighted by atomic mass is 10.0. The Morgan fingerprint density at radius 2 is 1.77 bits per heavy atom. The van der Waals surface area contributed by atoms with Crippen LogP contribution in [-0.4, -0.2) is 81.5 Å². The summed E-state index contributed by atoms with van der Waals surface area (Å²) in [6.07, 6.45) is 3.76. The van der Waals surface area contributed by atoms with Crippen LogP contribution in [0.3, 0.4) is 0 Å². The zero-order chi connectivity index (χ0) is 29.0. The van der Waals surface area contributed by atoms with Gasteiger partial charge in [-0.2, -0.15) is 0 Å². The highest BCUT2D eigenvalue weighted by atomic mass is 79.9. The number of amides is 3. The second-order valence-electron chi connectivity index (χ2n) is 8.49. The molecule has 0 fully saturated rings. The Kier molecular flexibility index (Phi) is 17.4. The van der Waals surface area contributed by atoms with Gasteiger partial charge in [0.05, 0.1) is 56.5 Å². The number of rotatable bonds is 19. The van der Waals surface area contributed by atoms with Gasteiger partial charge < -0.3 is 41.0 Å². The van der Waals surface area contributed by atoms with Gasteiger partial charge in [0.2, 0.25) is 11.8 Å². The van der Waals surface area contributed by atoms with E-state index in [1.807, 2.05) is 0 Å². The van der Waals surface area contributed by atoms with Gasteiger partial charge in [0.15, 0.2) is 0 Å². The number of phenolic OH excluding ortho intramolecular Hbond substituents is 1. The Hall–Kier alpha value is -3.00. The molecule has 0 aromatic heterocycles. The van der Waals surface area contributed by atoms with Crippen molar-refractivity contribution in [3.63, 3.8) is 0 Å². The van der Waals surface area contributed by atoms with E-state index >= 15 is 0 Å². The van der Waals surface area contributed by atoms with Gasteiger partial charge in [-0.3, -0.25) is 19.2 Å². The van der Waals surface area contributed by atoms with Gasteiger partial charge >= 0.3 is 5.97 Å². The number of ether oxygens (including phenoxy) is 3. The molecule has 1 atom stereocenters. The molecule has 6 N–H and O–H groups in total. The first-order chi connectivity index (χ1) is 18.7. The minimum atomic E-state index is -0.534. The normalized spacial score (nSPS) is 11.9. The second-order valence-corrected chi connectivity index (χ2v) is 9.35. The number of methoxy groups -OCH3 is 1. The standard InChI is InChI=1S/C26H39BrN4O8/c1-3-4-19(28)15-18-5-6-22(32)21(16-18)31-23(33)8-11-38-13-14-39-12-10-29-24(34)17-20(27)26(36)30-9-7-25(35)37-2/h5-6,16-17,19,32H,3-4,7-15,28H2,1-2H3,(H,29,34)(H,30,36)(H,31,33)/b20-17+/t19-/m1/s1. The summed E-state index contributed by atoms with van der Waals surface area (Å²) in [6, 6.07) is 5.09. The lowest BCUT2D eigenvalue weighted by molar-refractivity contribution is -0.140. The summed E-state index contributed by atoms with van der Waals surface area (Å²) >= 11 is 3.01. The number of nitrogens with two attached hydrogens (primary N) is 1. The highest BCUT2D eigenvalue weighted by molar-refractivity contribution is 9.12. The van der Waals surface area contributed by atoms with Crippen molar-refractivity contribution in [2.24, 2.45) is 5.73 Å². The average molecular weight is 616 g/mol. The lowest BCUT2D eigenvalue weighted by Gasteiger charge is -2.13. The number of halogens is 1. The van der Waals surface area contributed by atoms with Crippen molar-refractivity contribution in [1.29, 1.82) is 0 Å². The smallest absolute Gasteiger partial charge is 0.307 e. The van der Waals surface area contributed by atoms with Gasteiger partial charge in [0.1, 0.15) is 5.75 Å². The number of carbonyl (C=O) groups excluding carboxylic acids is 4. The van der Waals surface area contributed by atoms with E-state index in [1.54, 1.807) is 18.2 Å². The molecule has 1 aromatic carbocycles. The molecule has 12 nitrogen and oxygen atoms in total. The highest BCUT2D eigenvalue weighted by Crippen LogP contribution is 2.25. The molecule has 0 bridgehead atoms. The number of benzene rings is 1. The van der Waals surface area contributed by atoms with Crippen molar-refractivity contribution in [3.05, 3.63) is 34.3 Å². The van der Waals surface area contributed by atoms with Gasteiger partial charge in [-0.25, -0.2) is 0 Å². The number of nitrogens with one attached hydrogen (secondary N) is 3. The van der Waals surface area contributed by atoms with E-state index in [-0.39, 0.29) is 74.5 Å². The third-order valence-corrected chi connectivity index (χ3v) is 5.79. The van der Waals surface area contributed by atoms with Gasteiger partial charge in [0, 0.05) is 25.2 Å². The minimum absolute atomic E-state index is 0.0145. The van der Waals surface area contributed by atoms with E-state index < -0.39 is 17.8 Å². The monoisotopic (exact) mass is 614 g/mol. The van der Waals surface area contributed by atoms with Crippen LogP contribution in [0.2, 0.25) is 0 Å². The number of esters is 1. The van der Waals surface area contributed by atoms with Crippen molar-refractivity contribution < 1.29 is 38.5 Å². The fourth-order valence-electron chi connectivity index (χ4n) is 3.23. The van der Waals surface area contributed by atoms with Crippen LogP contribution in [0.4, 0.5) is 5.69 Å². The number of carbonyl (C=O) groups is 4. The zero-order valence-electron chi connectivity index (χ0n) is 22.4. The third kappa shape index (κ3) is 15.9. The predicted molar refractivity (Wildman–Crippen MR) is 149 cm³/mol. The van der Waals surface area contributed by atoms with Crippen LogP contribution in [0.25, 0.3) is 0 Å². The summed E-state index contributed by atoms with van der Waals surface area (Å²) in [5, 5.41) is 17.8. The Bertz CT molecular complexity index is 973. The molecule has 0 unspecified atom stereocenters.